The topological polar surface area (TPSA) is 44.8 Å². The first-order valence-corrected chi connectivity index (χ1v) is 5.84. The molecule has 16 heavy (non-hydrogen) atoms. The lowest BCUT2D eigenvalue weighted by Gasteiger charge is -2.35. The van der Waals surface area contributed by atoms with Gasteiger partial charge in [-0.2, -0.15) is 0 Å². The highest BCUT2D eigenvalue weighted by Crippen LogP contribution is 2.04. The molecule has 1 aliphatic rings. The number of carbonyl (C=O) groups excluding carboxylic acids is 1. The van der Waals surface area contributed by atoms with Gasteiger partial charge >= 0.3 is 0 Å². The van der Waals surface area contributed by atoms with Crippen molar-refractivity contribution in [1.29, 1.82) is 0 Å². The third kappa shape index (κ3) is 4.08. The first-order valence-electron chi connectivity index (χ1n) is 5.84. The van der Waals surface area contributed by atoms with Crippen LogP contribution in [0.1, 0.15) is 6.92 Å². The van der Waals surface area contributed by atoms with Crippen molar-refractivity contribution in [2.24, 2.45) is 0 Å². The van der Waals surface area contributed by atoms with Crippen LogP contribution in [0.15, 0.2) is 0 Å². The third-order valence-corrected chi connectivity index (χ3v) is 3.07. The van der Waals surface area contributed by atoms with Crippen molar-refractivity contribution in [2.75, 3.05) is 53.5 Å². The predicted molar refractivity (Wildman–Crippen MR) is 63.4 cm³/mol. The molecule has 5 nitrogen and oxygen atoms in total. The van der Waals surface area contributed by atoms with Gasteiger partial charge in [0.15, 0.2) is 0 Å². The molecule has 1 heterocycles. The van der Waals surface area contributed by atoms with Gasteiger partial charge < -0.3 is 15.0 Å². The molecule has 0 aromatic carbocycles. The number of carbonyl (C=O) groups is 1. The molecule has 1 N–H and O–H groups in total. The highest BCUT2D eigenvalue weighted by molar-refractivity contribution is 5.81. The molecule has 0 spiro atoms. The van der Waals surface area contributed by atoms with Gasteiger partial charge in [0.2, 0.25) is 5.91 Å². The van der Waals surface area contributed by atoms with Crippen LogP contribution in [0.2, 0.25) is 0 Å². The normalized spacial score (nSPS) is 20.7. The number of likely N-dealkylation sites (N-methyl/N-ethyl adjacent to an activating group) is 1. The van der Waals surface area contributed by atoms with Crippen LogP contribution in [-0.4, -0.2) is 75.2 Å². The molecule has 94 valence electrons. The molecule has 1 saturated heterocycles. The number of methoxy groups -OCH3 is 1. The van der Waals surface area contributed by atoms with Gasteiger partial charge in [0, 0.05) is 39.8 Å². The molecule has 1 aliphatic heterocycles. The highest BCUT2D eigenvalue weighted by atomic mass is 16.5. The second-order valence-corrected chi connectivity index (χ2v) is 4.30. The molecular weight excluding hydrogens is 206 g/mol. The predicted octanol–water partition coefficient (Wildman–Crippen LogP) is -0.615. The molecule has 5 heteroatoms. The maximum Gasteiger partial charge on any atom is 0.237 e. The quantitative estimate of drug-likeness (QED) is 0.639. The van der Waals surface area contributed by atoms with E-state index in [1.165, 1.54) is 0 Å². The van der Waals surface area contributed by atoms with Crippen molar-refractivity contribution in [2.45, 2.75) is 13.0 Å². The summed E-state index contributed by atoms with van der Waals surface area (Å²) in [6.07, 6.45) is 0. The molecule has 1 unspecified atom stereocenters. The molecular formula is C11H23N3O2. The summed E-state index contributed by atoms with van der Waals surface area (Å²) >= 11 is 0. The zero-order valence-electron chi connectivity index (χ0n) is 10.5. The van der Waals surface area contributed by atoms with Gasteiger partial charge in [-0.25, -0.2) is 0 Å². The van der Waals surface area contributed by atoms with Crippen LogP contribution < -0.4 is 5.32 Å². The smallest absolute Gasteiger partial charge is 0.237 e. The molecule has 1 amide bonds. The Labute approximate surface area is 97.7 Å². The van der Waals surface area contributed by atoms with E-state index >= 15 is 0 Å². The van der Waals surface area contributed by atoms with Crippen molar-refractivity contribution in [1.82, 2.24) is 15.1 Å². The van der Waals surface area contributed by atoms with E-state index in [-0.39, 0.29) is 11.9 Å². The van der Waals surface area contributed by atoms with Crippen LogP contribution in [0.25, 0.3) is 0 Å². The first-order chi connectivity index (χ1) is 7.65. The first kappa shape index (κ1) is 13.4. The summed E-state index contributed by atoms with van der Waals surface area (Å²) in [4.78, 5) is 16.3. The zero-order chi connectivity index (χ0) is 12.0. The molecule has 0 bridgehead atoms. The lowest BCUT2D eigenvalue weighted by atomic mass is 10.2. The van der Waals surface area contributed by atoms with Crippen LogP contribution in [0.3, 0.4) is 0 Å². The van der Waals surface area contributed by atoms with E-state index in [0.717, 1.165) is 26.2 Å². The summed E-state index contributed by atoms with van der Waals surface area (Å²) in [6, 6.07) is -0.0365. The Morgan fingerprint density at radius 2 is 2.00 bits per heavy atom. The van der Waals surface area contributed by atoms with Gasteiger partial charge in [-0.3, -0.25) is 9.69 Å². The molecule has 0 aromatic heterocycles. The Morgan fingerprint density at radius 3 is 2.56 bits per heavy atom. The average molecular weight is 229 g/mol. The van der Waals surface area contributed by atoms with Gasteiger partial charge in [0.05, 0.1) is 12.6 Å². The van der Waals surface area contributed by atoms with Gasteiger partial charge in [0.1, 0.15) is 0 Å². The maximum absolute atomic E-state index is 11.8. The van der Waals surface area contributed by atoms with E-state index in [1.807, 2.05) is 6.92 Å². The average Bonchev–Trinajstić information content (AvgIpc) is 2.29. The fourth-order valence-corrected chi connectivity index (χ4v) is 1.80. The van der Waals surface area contributed by atoms with E-state index in [9.17, 15) is 4.79 Å². The van der Waals surface area contributed by atoms with E-state index in [4.69, 9.17) is 4.74 Å². The molecule has 0 aromatic rings. The van der Waals surface area contributed by atoms with Crippen molar-refractivity contribution in [3.63, 3.8) is 0 Å². The molecule has 0 saturated carbocycles. The van der Waals surface area contributed by atoms with Gasteiger partial charge in [-0.15, -0.1) is 0 Å². The van der Waals surface area contributed by atoms with Crippen molar-refractivity contribution < 1.29 is 9.53 Å². The maximum atomic E-state index is 11.8. The summed E-state index contributed by atoms with van der Waals surface area (Å²) in [6.45, 7) is 7.14. The minimum atomic E-state index is -0.0365. The number of ether oxygens (including phenoxy) is 1. The number of hydrogen-bond donors (Lipinski definition) is 1. The molecule has 0 radical (unpaired) electrons. The van der Waals surface area contributed by atoms with Gasteiger partial charge in [-0.1, -0.05) is 0 Å². The largest absolute Gasteiger partial charge is 0.383 e. The standard InChI is InChI=1S/C11H23N3O2/c1-10(11(15)12-4-9-16-3)14-7-5-13(2)6-8-14/h10H,4-9H2,1-3H3,(H,12,15). The van der Waals surface area contributed by atoms with Crippen molar-refractivity contribution in [3.8, 4) is 0 Å². The van der Waals surface area contributed by atoms with Crippen molar-refractivity contribution >= 4 is 5.91 Å². The Hall–Kier alpha value is -0.650. The number of piperazine rings is 1. The van der Waals surface area contributed by atoms with Gasteiger partial charge in [-0.05, 0) is 14.0 Å². The van der Waals surface area contributed by atoms with Crippen LogP contribution in [0.4, 0.5) is 0 Å². The van der Waals surface area contributed by atoms with Crippen LogP contribution in [-0.2, 0) is 9.53 Å². The summed E-state index contributed by atoms with van der Waals surface area (Å²) < 4.78 is 4.90. The highest BCUT2D eigenvalue weighted by Gasteiger charge is 2.23. The fourth-order valence-electron chi connectivity index (χ4n) is 1.80. The van der Waals surface area contributed by atoms with Crippen LogP contribution >= 0.6 is 0 Å². The van der Waals surface area contributed by atoms with E-state index in [1.54, 1.807) is 7.11 Å². The van der Waals surface area contributed by atoms with Crippen molar-refractivity contribution in [3.05, 3.63) is 0 Å². The molecule has 1 fully saturated rings. The molecule has 0 aliphatic carbocycles. The van der Waals surface area contributed by atoms with E-state index < -0.39 is 0 Å². The minimum Gasteiger partial charge on any atom is -0.383 e. The molecule has 1 atom stereocenters. The number of hydrogen-bond acceptors (Lipinski definition) is 4. The van der Waals surface area contributed by atoms with Gasteiger partial charge in [0.25, 0.3) is 0 Å². The third-order valence-electron chi connectivity index (χ3n) is 3.07. The van der Waals surface area contributed by atoms with E-state index in [0.29, 0.717) is 13.2 Å². The monoisotopic (exact) mass is 229 g/mol. The summed E-state index contributed by atoms with van der Waals surface area (Å²) in [7, 11) is 3.75. The minimum absolute atomic E-state index is 0.0365. The SMILES string of the molecule is COCCNC(=O)C(C)N1CCN(C)CC1. The number of rotatable bonds is 5. The lowest BCUT2D eigenvalue weighted by molar-refractivity contribution is -0.126. The zero-order valence-corrected chi connectivity index (χ0v) is 10.5. The Balaban J connectivity index is 2.27. The molecule has 1 rings (SSSR count). The number of nitrogens with zero attached hydrogens (tertiary/aromatic N) is 2. The van der Waals surface area contributed by atoms with E-state index in [2.05, 4.69) is 22.2 Å². The number of amides is 1. The van der Waals surface area contributed by atoms with Crippen LogP contribution in [0, 0.1) is 0 Å². The second kappa shape index (κ2) is 6.83. The Morgan fingerprint density at radius 1 is 1.38 bits per heavy atom. The summed E-state index contributed by atoms with van der Waals surface area (Å²) in [5.74, 6) is 0.0987. The Kier molecular flexibility index (Phi) is 5.73. The summed E-state index contributed by atoms with van der Waals surface area (Å²) in [5.41, 5.74) is 0. The Bertz CT molecular complexity index is 215. The fraction of sp³-hybridized carbons (Fsp3) is 0.909. The van der Waals surface area contributed by atoms with Crippen LogP contribution in [0.5, 0.6) is 0 Å². The number of nitrogens with one attached hydrogen (secondary N) is 1. The summed E-state index contributed by atoms with van der Waals surface area (Å²) in [5, 5.41) is 2.87. The second-order valence-electron chi connectivity index (χ2n) is 4.30. The lowest BCUT2D eigenvalue weighted by Crippen LogP contribution is -2.53.